The van der Waals surface area contributed by atoms with Crippen LogP contribution in [0.3, 0.4) is 0 Å². The molecular weight excluding hydrogens is 374 g/mol. The Labute approximate surface area is 171 Å². The minimum absolute atomic E-state index is 0.309. The lowest BCUT2D eigenvalue weighted by Gasteiger charge is -2.37. The van der Waals surface area contributed by atoms with Crippen LogP contribution in [0.1, 0.15) is 38.1 Å². The smallest absolute Gasteiger partial charge is 0.339 e. The van der Waals surface area contributed by atoms with E-state index in [4.69, 9.17) is 4.74 Å². The summed E-state index contributed by atoms with van der Waals surface area (Å²) in [7, 11) is 0. The number of amides is 3. The first-order valence-electron chi connectivity index (χ1n) is 10.0. The number of imide groups is 1. The van der Waals surface area contributed by atoms with E-state index >= 15 is 0 Å². The van der Waals surface area contributed by atoms with Crippen molar-refractivity contribution in [1.82, 2.24) is 20.5 Å². The second-order valence-electron chi connectivity index (χ2n) is 7.42. The number of piperazine rings is 1. The third kappa shape index (κ3) is 6.70. The highest BCUT2D eigenvalue weighted by Gasteiger charge is 2.27. The number of carbonyl (C=O) groups is 3. The highest BCUT2D eigenvalue weighted by atomic mass is 16.5. The molecule has 9 nitrogen and oxygen atoms in total. The molecule has 2 heterocycles. The van der Waals surface area contributed by atoms with E-state index in [1.54, 1.807) is 26.0 Å². The van der Waals surface area contributed by atoms with Crippen LogP contribution in [0.4, 0.5) is 10.6 Å². The van der Waals surface area contributed by atoms with Crippen molar-refractivity contribution in [3.8, 4) is 0 Å². The molecule has 2 rings (SSSR count). The zero-order chi connectivity index (χ0) is 21.4. The largest absolute Gasteiger partial charge is 0.462 e. The fourth-order valence-electron chi connectivity index (χ4n) is 2.97. The molecule has 29 heavy (non-hydrogen) atoms. The van der Waals surface area contributed by atoms with Crippen molar-refractivity contribution in [2.45, 2.75) is 33.7 Å². The summed E-state index contributed by atoms with van der Waals surface area (Å²) in [6.45, 7) is 11.1. The molecule has 0 bridgehead atoms. The van der Waals surface area contributed by atoms with E-state index in [0.29, 0.717) is 50.8 Å². The van der Waals surface area contributed by atoms with Gasteiger partial charge in [0.2, 0.25) is 5.91 Å². The van der Waals surface area contributed by atoms with Gasteiger partial charge in [0.25, 0.3) is 0 Å². The molecule has 0 spiro atoms. The summed E-state index contributed by atoms with van der Waals surface area (Å²) < 4.78 is 4.96. The molecule has 9 heteroatoms. The molecule has 1 atom stereocenters. The zero-order valence-electron chi connectivity index (χ0n) is 17.6. The van der Waals surface area contributed by atoms with Crippen LogP contribution < -0.4 is 15.5 Å². The number of aromatic nitrogens is 1. The summed E-state index contributed by atoms with van der Waals surface area (Å²) in [5.41, 5.74) is 0.426. The van der Waals surface area contributed by atoms with Crippen molar-refractivity contribution in [1.29, 1.82) is 0 Å². The number of ether oxygens (including phenoxy) is 1. The molecule has 3 amide bonds. The molecule has 160 valence electrons. The Morgan fingerprint density at radius 3 is 2.38 bits per heavy atom. The van der Waals surface area contributed by atoms with Crippen molar-refractivity contribution in [3.05, 3.63) is 23.9 Å². The number of urea groups is 1. The SMILES string of the molecule is CCOC(=O)c1ccc(N2CCN(C(C)C(=O)NC(=O)NCC(C)C)CC2)nc1. The first-order chi connectivity index (χ1) is 13.8. The Hall–Kier alpha value is -2.68. The van der Waals surface area contributed by atoms with E-state index in [2.05, 4.69) is 20.5 Å². The van der Waals surface area contributed by atoms with E-state index in [1.807, 2.05) is 18.7 Å². The third-order valence-electron chi connectivity index (χ3n) is 4.73. The van der Waals surface area contributed by atoms with E-state index in [0.717, 1.165) is 5.82 Å². The highest BCUT2D eigenvalue weighted by Crippen LogP contribution is 2.16. The van der Waals surface area contributed by atoms with E-state index in [9.17, 15) is 14.4 Å². The van der Waals surface area contributed by atoms with Crippen molar-refractivity contribution in [2.75, 3.05) is 44.2 Å². The molecule has 1 aliphatic rings. The second-order valence-corrected chi connectivity index (χ2v) is 7.42. The second kappa shape index (κ2) is 10.8. The van der Waals surface area contributed by atoms with Crippen LogP contribution in [0.25, 0.3) is 0 Å². The number of nitrogens with zero attached hydrogens (tertiary/aromatic N) is 3. The summed E-state index contributed by atoms with van der Waals surface area (Å²) in [6.07, 6.45) is 1.52. The number of carbonyl (C=O) groups excluding carboxylic acids is 3. The molecule has 2 N–H and O–H groups in total. The lowest BCUT2D eigenvalue weighted by Crippen LogP contribution is -2.55. The number of nitrogens with one attached hydrogen (secondary N) is 2. The quantitative estimate of drug-likeness (QED) is 0.658. The first-order valence-corrected chi connectivity index (χ1v) is 10.0. The molecule has 0 aliphatic carbocycles. The van der Waals surface area contributed by atoms with Gasteiger partial charge in [-0.1, -0.05) is 13.8 Å². The molecular formula is C20H31N5O4. The number of rotatable bonds is 7. The molecule has 0 aromatic carbocycles. The van der Waals surface area contributed by atoms with Crippen molar-refractivity contribution < 1.29 is 19.1 Å². The van der Waals surface area contributed by atoms with Crippen LogP contribution in [0, 0.1) is 5.92 Å². The van der Waals surface area contributed by atoms with E-state index < -0.39 is 12.1 Å². The number of hydrogen-bond acceptors (Lipinski definition) is 7. The molecule has 1 fully saturated rings. The van der Waals surface area contributed by atoms with Crippen molar-refractivity contribution >= 4 is 23.7 Å². The lowest BCUT2D eigenvalue weighted by atomic mass is 10.2. The molecule has 0 radical (unpaired) electrons. The van der Waals surface area contributed by atoms with Gasteiger partial charge in [-0.05, 0) is 31.9 Å². The maximum Gasteiger partial charge on any atom is 0.339 e. The molecule has 0 saturated carbocycles. The molecule has 1 saturated heterocycles. The maximum atomic E-state index is 12.3. The molecule has 1 aliphatic heterocycles. The Balaban J connectivity index is 1.82. The van der Waals surface area contributed by atoms with Crippen LogP contribution in [-0.4, -0.2) is 73.2 Å². The van der Waals surface area contributed by atoms with Crippen LogP contribution >= 0.6 is 0 Å². The van der Waals surface area contributed by atoms with E-state index in [-0.39, 0.29) is 11.9 Å². The normalized spacial score (nSPS) is 15.7. The van der Waals surface area contributed by atoms with Gasteiger partial charge in [0.05, 0.1) is 18.2 Å². The number of hydrogen-bond donors (Lipinski definition) is 2. The Kier molecular flexibility index (Phi) is 8.38. The predicted octanol–water partition coefficient (Wildman–Crippen LogP) is 1.25. The van der Waals surface area contributed by atoms with Gasteiger partial charge in [0.15, 0.2) is 0 Å². The fraction of sp³-hybridized carbons (Fsp3) is 0.600. The van der Waals surface area contributed by atoms with Crippen LogP contribution in [0.2, 0.25) is 0 Å². The summed E-state index contributed by atoms with van der Waals surface area (Å²) in [4.78, 5) is 44.3. The average Bonchev–Trinajstić information content (AvgIpc) is 2.72. The van der Waals surface area contributed by atoms with Gasteiger partial charge in [-0.3, -0.25) is 15.0 Å². The van der Waals surface area contributed by atoms with Gasteiger partial charge in [-0.25, -0.2) is 14.6 Å². The van der Waals surface area contributed by atoms with Crippen molar-refractivity contribution in [2.24, 2.45) is 5.92 Å². The number of pyridine rings is 1. The third-order valence-corrected chi connectivity index (χ3v) is 4.73. The maximum absolute atomic E-state index is 12.3. The van der Waals surface area contributed by atoms with Crippen LogP contribution in [-0.2, 0) is 9.53 Å². The lowest BCUT2D eigenvalue weighted by molar-refractivity contribution is -0.124. The van der Waals surface area contributed by atoms with E-state index in [1.165, 1.54) is 6.20 Å². The average molecular weight is 405 g/mol. The van der Waals surface area contributed by atoms with Gasteiger partial charge in [0, 0.05) is 38.9 Å². The summed E-state index contributed by atoms with van der Waals surface area (Å²) >= 11 is 0. The summed E-state index contributed by atoms with van der Waals surface area (Å²) in [6, 6.07) is 2.65. The number of anilines is 1. The Morgan fingerprint density at radius 1 is 1.14 bits per heavy atom. The minimum atomic E-state index is -0.458. The zero-order valence-corrected chi connectivity index (χ0v) is 17.6. The number of esters is 1. The van der Waals surface area contributed by atoms with Crippen LogP contribution in [0.5, 0.6) is 0 Å². The minimum Gasteiger partial charge on any atom is -0.462 e. The predicted molar refractivity (Wildman–Crippen MR) is 110 cm³/mol. The first kappa shape index (κ1) is 22.6. The fourth-order valence-corrected chi connectivity index (χ4v) is 2.97. The topological polar surface area (TPSA) is 104 Å². The standard InChI is InChI=1S/C20H31N5O4/c1-5-29-19(27)16-6-7-17(21-13-16)25-10-8-24(9-11-25)15(4)18(26)23-20(28)22-12-14(2)3/h6-7,13-15H,5,8-12H2,1-4H3,(H2,22,23,26,28). The van der Waals surface area contributed by atoms with Crippen LogP contribution in [0.15, 0.2) is 18.3 Å². The van der Waals surface area contributed by atoms with Gasteiger partial charge in [-0.15, -0.1) is 0 Å². The Morgan fingerprint density at radius 2 is 1.83 bits per heavy atom. The van der Waals surface area contributed by atoms with Gasteiger partial charge in [0.1, 0.15) is 5.82 Å². The molecule has 1 aromatic rings. The molecule has 1 aromatic heterocycles. The summed E-state index contributed by atoms with van der Waals surface area (Å²) in [5.74, 6) is 0.412. The Bertz CT molecular complexity index is 699. The summed E-state index contributed by atoms with van der Waals surface area (Å²) in [5, 5.41) is 5.08. The van der Waals surface area contributed by atoms with Gasteiger partial charge in [-0.2, -0.15) is 0 Å². The van der Waals surface area contributed by atoms with Gasteiger partial charge < -0.3 is 15.0 Å². The van der Waals surface area contributed by atoms with Gasteiger partial charge >= 0.3 is 12.0 Å². The monoisotopic (exact) mass is 405 g/mol. The van der Waals surface area contributed by atoms with Crippen molar-refractivity contribution in [3.63, 3.8) is 0 Å². The highest BCUT2D eigenvalue weighted by molar-refractivity contribution is 5.96. The molecule has 1 unspecified atom stereocenters.